The van der Waals surface area contributed by atoms with Gasteiger partial charge in [-0.1, -0.05) is 11.6 Å². The first-order chi connectivity index (χ1) is 12.0. The molecule has 0 N–H and O–H groups in total. The molecule has 0 spiro atoms. The fourth-order valence-corrected chi connectivity index (χ4v) is 2.82. The maximum atomic E-state index is 13.7. The molecule has 0 saturated carbocycles. The largest absolute Gasteiger partial charge is 0.280 e. The van der Waals surface area contributed by atoms with Gasteiger partial charge in [0.05, 0.1) is 16.1 Å². The normalized spacial score (nSPS) is 11.2. The monoisotopic (exact) mass is 356 g/mol. The van der Waals surface area contributed by atoms with E-state index in [0.717, 1.165) is 0 Å². The lowest BCUT2D eigenvalue weighted by Crippen LogP contribution is -2.02. The van der Waals surface area contributed by atoms with Gasteiger partial charge in [0, 0.05) is 17.8 Å². The Morgan fingerprint density at radius 3 is 2.64 bits per heavy atom. The molecule has 25 heavy (non-hydrogen) atoms. The summed E-state index contributed by atoms with van der Waals surface area (Å²) >= 11 is 5.72. The third kappa shape index (κ3) is 2.74. The number of halogens is 3. The van der Waals surface area contributed by atoms with Crippen LogP contribution in [0.15, 0.2) is 48.7 Å². The Kier molecular flexibility index (Phi) is 3.69. The van der Waals surface area contributed by atoms with Crippen LogP contribution in [0.4, 0.5) is 8.78 Å². The standard InChI is InChI=1S/C18H11ClF2N4/c1-10-23-15-5-3-12(20)9-16(15)25(10)17-6-7-22-18(24-17)11-2-4-13(19)14(21)8-11/h2-9H,1H3. The summed E-state index contributed by atoms with van der Waals surface area (Å²) < 4.78 is 29.1. The van der Waals surface area contributed by atoms with Gasteiger partial charge in [-0.05, 0) is 43.3 Å². The van der Waals surface area contributed by atoms with Gasteiger partial charge in [0.25, 0.3) is 0 Å². The summed E-state index contributed by atoms with van der Waals surface area (Å²) in [7, 11) is 0. The molecule has 124 valence electrons. The van der Waals surface area contributed by atoms with Crippen molar-refractivity contribution >= 4 is 22.6 Å². The van der Waals surface area contributed by atoms with Crippen molar-refractivity contribution in [1.29, 1.82) is 0 Å². The molecule has 4 nitrogen and oxygen atoms in total. The van der Waals surface area contributed by atoms with Gasteiger partial charge >= 0.3 is 0 Å². The highest BCUT2D eigenvalue weighted by Crippen LogP contribution is 2.24. The van der Waals surface area contributed by atoms with Crippen molar-refractivity contribution in [1.82, 2.24) is 19.5 Å². The molecule has 0 aliphatic carbocycles. The third-order valence-electron chi connectivity index (χ3n) is 3.83. The van der Waals surface area contributed by atoms with Crippen molar-refractivity contribution in [2.75, 3.05) is 0 Å². The van der Waals surface area contributed by atoms with Gasteiger partial charge in [0.1, 0.15) is 23.3 Å². The summed E-state index contributed by atoms with van der Waals surface area (Å²) in [6.07, 6.45) is 1.56. The van der Waals surface area contributed by atoms with E-state index in [2.05, 4.69) is 15.0 Å². The number of nitrogens with zero attached hydrogens (tertiary/aromatic N) is 4. The Morgan fingerprint density at radius 2 is 1.84 bits per heavy atom. The zero-order valence-electron chi connectivity index (χ0n) is 13.0. The number of aryl methyl sites for hydroxylation is 1. The van der Waals surface area contributed by atoms with Crippen LogP contribution in [0.1, 0.15) is 5.82 Å². The van der Waals surface area contributed by atoms with Crippen molar-refractivity contribution < 1.29 is 8.78 Å². The minimum atomic E-state index is -0.542. The van der Waals surface area contributed by atoms with Crippen LogP contribution in [0.2, 0.25) is 5.02 Å². The van der Waals surface area contributed by atoms with E-state index in [1.807, 2.05) is 6.92 Å². The van der Waals surface area contributed by atoms with Crippen LogP contribution in [-0.2, 0) is 0 Å². The Bertz CT molecular complexity index is 1110. The van der Waals surface area contributed by atoms with Gasteiger partial charge < -0.3 is 0 Å². The van der Waals surface area contributed by atoms with Gasteiger partial charge in [-0.3, -0.25) is 4.57 Å². The number of rotatable bonds is 2. The molecule has 4 aromatic rings. The van der Waals surface area contributed by atoms with Crippen molar-refractivity contribution in [3.05, 3.63) is 71.1 Å². The average Bonchev–Trinajstić information content (AvgIpc) is 2.92. The second kappa shape index (κ2) is 5.89. The first-order valence-corrected chi connectivity index (χ1v) is 7.84. The Balaban J connectivity index is 1.89. The molecule has 2 aromatic heterocycles. The van der Waals surface area contributed by atoms with E-state index in [1.165, 1.54) is 24.3 Å². The third-order valence-corrected chi connectivity index (χ3v) is 4.14. The lowest BCUT2D eigenvalue weighted by Gasteiger charge is -2.08. The van der Waals surface area contributed by atoms with Gasteiger partial charge in [-0.2, -0.15) is 0 Å². The van der Waals surface area contributed by atoms with Crippen LogP contribution >= 0.6 is 11.6 Å². The molecule has 2 heterocycles. The predicted octanol–water partition coefficient (Wildman–Crippen LogP) is 4.72. The minimum absolute atomic E-state index is 0.0341. The molecule has 0 aliphatic heterocycles. The molecular formula is C18H11ClF2N4. The Hall–Kier alpha value is -2.86. The first kappa shape index (κ1) is 15.7. The molecule has 0 aliphatic rings. The van der Waals surface area contributed by atoms with E-state index >= 15 is 0 Å². The molecule has 2 aromatic carbocycles. The van der Waals surface area contributed by atoms with E-state index < -0.39 is 5.82 Å². The van der Waals surface area contributed by atoms with E-state index in [0.29, 0.717) is 34.1 Å². The molecule has 4 rings (SSSR count). The van der Waals surface area contributed by atoms with Crippen molar-refractivity contribution in [3.63, 3.8) is 0 Å². The lowest BCUT2D eigenvalue weighted by atomic mass is 10.2. The second-order valence-electron chi connectivity index (χ2n) is 5.49. The molecule has 0 radical (unpaired) electrons. The van der Waals surface area contributed by atoms with Crippen LogP contribution in [0.5, 0.6) is 0 Å². The zero-order chi connectivity index (χ0) is 17.6. The van der Waals surface area contributed by atoms with Crippen LogP contribution in [-0.4, -0.2) is 19.5 Å². The minimum Gasteiger partial charge on any atom is -0.280 e. The molecule has 7 heteroatoms. The van der Waals surface area contributed by atoms with Crippen molar-refractivity contribution in [2.45, 2.75) is 6.92 Å². The summed E-state index contributed by atoms with van der Waals surface area (Å²) in [5, 5.41) is 0.0341. The summed E-state index contributed by atoms with van der Waals surface area (Å²) in [6.45, 7) is 1.81. The predicted molar refractivity (Wildman–Crippen MR) is 91.8 cm³/mol. The average molecular weight is 357 g/mol. The Labute approximate surface area is 146 Å². The number of imidazole rings is 1. The van der Waals surface area contributed by atoms with Crippen LogP contribution in [0.25, 0.3) is 28.2 Å². The molecule has 0 fully saturated rings. The highest BCUT2D eigenvalue weighted by atomic mass is 35.5. The smallest absolute Gasteiger partial charge is 0.161 e. The molecule has 0 atom stereocenters. The highest BCUT2D eigenvalue weighted by molar-refractivity contribution is 6.30. The molecule has 0 saturated heterocycles. The van der Waals surface area contributed by atoms with E-state index in [9.17, 15) is 8.78 Å². The molecular weight excluding hydrogens is 346 g/mol. The fraction of sp³-hybridized carbons (Fsp3) is 0.0556. The van der Waals surface area contributed by atoms with E-state index in [4.69, 9.17) is 11.6 Å². The number of aromatic nitrogens is 4. The number of hydrogen-bond donors (Lipinski definition) is 0. The van der Waals surface area contributed by atoms with E-state index in [-0.39, 0.29) is 10.8 Å². The number of benzene rings is 2. The fourth-order valence-electron chi connectivity index (χ4n) is 2.71. The summed E-state index contributed by atoms with van der Waals surface area (Å²) in [4.78, 5) is 13.1. The quantitative estimate of drug-likeness (QED) is 0.522. The SMILES string of the molecule is Cc1nc2ccc(F)cc2n1-c1ccnc(-c2ccc(Cl)c(F)c2)n1. The molecule has 0 bridgehead atoms. The highest BCUT2D eigenvalue weighted by Gasteiger charge is 2.13. The molecule has 0 unspecified atom stereocenters. The first-order valence-electron chi connectivity index (χ1n) is 7.46. The van der Waals surface area contributed by atoms with Gasteiger partial charge in [0.15, 0.2) is 5.82 Å². The number of hydrogen-bond acceptors (Lipinski definition) is 3. The van der Waals surface area contributed by atoms with Crippen molar-refractivity contribution in [2.24, 2.45) is 0 Å². The zero-order valence-corrected chi connectivity index (χ0v) is 13.8. The maximum Gasteiger partial charge on any atom is 0.161 e. The van der Waals surface area contributed by atoms with Crippen molar-refractivity contribution in [3.8, 4) is 17.2 Å². The summed E-state index contributed by atoms with van der Waals surface area (Å²) in [5.74, 6) is 0.617. The maximum absolute atomic E-state index is 13.7. The summed E-state index contributed by atoms with van der Waals surface area (Å²) in [6, 6.07) is 10.4. The lowest BCUT2D eigenvalue weighted by molar-refractivity contribution is 0.628. The van der Waals surface area contributed by atoms with Crippen LogP contribution < -0.4 is 0 Å². The molecule has 0 amide bonds. The van der Waals surface area contributed by atoms with Crippen LogP contribution in [0.3, 0.4) is 0 Å². The van der Waals surface area contributed by atoms with Gasteiger partial charge in [-0.15, -0.1) is 0 Å². The van der Waals surface area contributed by atoms with Crippen LogP contribution in [0, 0.1) is 18.6 Å². The Morgan fingerprint density at radius 1 is 1.00 bits per heavy atom. The van der Waals surface area contributed by atoms with Gasteiger partial charge in [-0.25, -0.2) is 23.7 Å². The second-order valence-corrected chi connectivity index (χ2v) is 5.90. The number of fused-ring (bicyclic) bond motifs is 1. The van der Waals surface area contributed by atoms with Gasteiger partial charge in [0.2, 0.25) is 0 Å². The summed E-state index contributed by atoms with van der Waals surface area (Å²) in [5.41, 5.74) is 1.76. The topological polar surface area (TPSA) is 43.6 Å². The van der Waals surface area contributed by atoms with E-state index in [1.54, 1.807) is 29.0 Å².